The Hall–Kier alpha value is -0.940. The van der Waals surface area contributed by atoms with Crippen molar-refractivity contribution in [2.45, 2.75) is 12.2 Å². The van der Waals surface area contributed by atoms with E-state index in [4.69, 9.17) is 23.1 Å². The van der Waals surface area contributed by atoms with E-state index in [0.29, 0.717) is 0 Å². The van der Waals surface area contributed by atoms with Crippen molar-refractivity contribution in [3.8, 4) is 0 Å². The minimum Gasteiger partial charge on any atom is -0.398 e. The number of alkyl halides is 3. The lowest BCUT2D eigenvalue weighted by Crippen LogP contribution is -2.29. The first kappa shape index (κ1) is 11.1. The van der Waals surface area contributed by atoms with Crippen LogP contribution in [-0.4, -0.2) is 6.18 Å². The summed E-state index contributed by atoms with van der Waals surface area (Å²) in [5, 5.41) is 0.278. The van der Waals surface area contributed by atoms with Crippen LogP contribution in [0.15, 0.2) is 18.2 Å². The molecule has 0 aliphatic carbocycles. The van der Waals surface area contributed by atoms with Crippen LogP contribution in [0.2, 0.25) is 5.02 Å². The fraction of sp³-hybridized carbons (Fsp3) is 0.250. The summed E-state index contributed by atoms with van der Waals surface area (Å²) in [4.78, 5) is 0. The Labute approximate surface area is 83.6 Å². The Bertz CT molecular complexity index is 338. The van der Waals surface area contributed by atoms with E-state index >= 15 is 0 Å². The Morgan fingerprint density at radius 3 is 2.29 bits per heavy atom. The fourth-order valence-corrected chi connectivity index (χ4v) is 1.19. The van der Waals surface area contributed by atoms with Gasteiger partial charge in [-0.15, -0.1) is 0 Å². The van der Waals surface area contributed by atoms with Crippen molar-refractivity contribution in [3.05, 3.63) is 28.8 Å². The molecule has 1 aromatic carbocycles. The molecule has 0 fully saturated rings. The number of halogens is 4. The molecule has 0 aliphatic rings. The van der Waals surface area contributed by atoms with Gasteiger partial charge in [-0.25, -0.2) is 0 Å². The Morgan fingerprint density at radius 1 is 1.29 bits per heavy atom. The van der Waals surface area contributed by atoms with Gasteiger partial charge in [0.05, 0.1) is 0 Å². The average Bonchev–Trinajstić information content (AvgIpc) is 2.01. The summed E-state index contributed by atoms with van der Waals surface area (Å²) in [7, 11) is 0. The van der Waals surface area contributed by atoms with Crippen molar-refractivity contribution >= 4 is 17.3 Å². The standard InChI is InChI=1S/C8H8ClF3N2/c9-4-1-2-5(6(13)3-4)7(14)8(10,11)12/h1-3,7H,13-14H2/t7-/m0/s1. The maximum absolute atomic E-state index is 12.2. The molecule has 0 amide bonds. The molecular weight excluding hydrogens is 217 g/mol. The van der Waals surface area contributed by atoms with E-state index in [9.17, 15) is 13.2 Å². The molecule has 1 rings (SSSR count). The summed E-state index contributed by atoms with van der Waals surface area (Å²) in [5.74, 6) is 0. The zero-order valence-electron chi connectivity index (χ0n) is 6.98. The number of rotatable bonds is 1. The molecule has 0 unspecified atom stereocenters. The van der Waals surface area contributed by atoms with E-state index in [1.54, 1.807) is 0 Å². The largest absolute Gasteiger partial charge is 0.407 e. The second-order valence-corrected chi connectivity index (χ2v) is 3.23. The van der Waals surface area contributed by atoms with Crippen LogP contribution in [-0.2, 0) is 0 Å². The van der Waals surface area contributed by atoms with Crippen LogP contribution < -0.4 is 11.5 Å². The molecule has 0 heterocycles. The maximum atomic E-state index is 12.2. The van der Waals surface area contributed by atoms with E-state index in [0.717, 1.165) is 0 Å². The van der Waals surface area contributed by atoms with Gasteiger partial charge < -0.3 is 11.5 Å². The summed E-state index contributed by atoms with van der Waals surface area (Å²) in [6.45, 7) is 0. The normalized spacial score (nSPS) is 14.1. The Balaban J connectivity index is 3.08. The molecule has 1 atom stereocenters. The van der Waals surface area contributed by atoms with E-state index < -0.39 is 12.2 Å². The molecule has 0 radical (unpaired) electrons. The van der Waals surface area contributed by atoms with Crippen LogP contribution >= 0.6 is 11.6 Å². The lowest BCUT2D eigenvalue weighted by Gasteiger charge is -2.17. The number of nitrogen functional groups attached to an aromatic ring is 1. The van der Waals surface area contributed by atoms with Crippen LogP contribution in [0.1, 0.15) is 11.6 Å². The van der Waals surface area contributed by atoms with E-state index in [1.807, 2.05) is 0 Å². The highest BCUT2D eigenvalue weighted by Gasteiger charge is 2.38. The number of anilines is 1. The zero-order chi connectivity index (χ0) is 10.9. The van der Waals surface area contributed by atoms with E-state index in [2.05, 4.69) is 0 Å². The highest BCUT2D eigenvalue weighted by atomic mass is 35.5. The van der Waals surface area contributed by atoms with Gasteiger partial charge in [0, 0.05) is 16.3 Å². The van der Waals surface area contributed by atoms with Crippen LogP contribution in [0, 0.1) is 0 Å². The third-order valence-corrected chi connectivity index (χ3v) is 1.97. The molecule has 0 bridgehead atoms. The van der Waals surface area contributed by atoms with Gasteiger partial charge in [0.15, 0.2) is 0 Å². The van der Waals surface area contributed by atoms with Gasteiger partial charge in [0.25, 0.3) is 0 Å². The van der Waals surface area contributed by atoms with Crippen molar-refractivity contribution < 1.29 is 13.2 Å². The predicted molar refractivity (Wildman–Crippen MR) is 48.8 cm³/mol. The number of nitrogens with two attached hydrogens (primary N) is 2. The monoisotopic (exact) mass is 224 g/mol. The summed E-state index contributed by atoms with van der Waals surface area (Å²) in [6, 6.07) is 1.66. The average molecular weight is 225 g/mol. The summed E-state index contributed by atoms with van der Waals surface area (Å²) in [6.07, 6.45) is -4.50. The maximum Gasteiger partial charge on any atom is 0.407 e. The quantitative estimate of drug-likeness (QED) is 0.720. The molecule has 0 aromatic heterocycles. The third-order valence-electron chi connectivity index (χ3n) is 1.74. The first-order valence-electron chi connectivity index (χ1n) is 3.69. The van der Waals surface area contributed by atoms with Gasteiger partial charge in [-0.1, -0.05) is 17.7 Å². The molecule has 0 saturated heterocycles. The lowest BCUT2D eigenvalue weighted by atomic mass is 10.1. The number of benzene rings is 1. The fourth-order valence-electron chi connectivity index (χ4n) is 1.01. The van der Waals surface area contributed by atoms with Crippen molar-refractivity contribution in [2.24, 2.45) is 5.73 Å². The molecule has 6 heteroatoms. The van der Waals surface area contributed by atoms with Gasteiger partial charge in [-0.3, -0.25) is 0 Å². The zero-order valence-corrected chi connectivity index (χ0v) is 7.73. The molecule has 1 aromatic rings. The highest BCUT2D eigenvalue weighted by molar-refractivity contribution is 6.30. The molecule has 0 spiro atoms. The number of hydrogen-bond donors (Lipinski definition) is 2. The molecule has 78 valence electrons. The summed E-state index contributed by atoms with van der Waals surface area (Å²) < 4.78 is 36.6. The van der Waals surface area contributed by atoms with Crippen LogP contribution in [0.25, 0.3) is 0 Å². The SMILES string of the molecule is Nc1cc(Cl)ccc1[C@H](N)C(F)(F)F. The van der Waals surface area contributed by atoms with Crippen molar-refractivity contribution in [1.29, 1.82) is 0 Å². The van der Waals surface area contributed by atoms with Gasteiger partial charge in [-0.2, -0.15) is 13.2 Å². The van der Waals surface area contributed by atoms with Gasteiger partial charge in [0.1, 0.15) is 6.04 Å². The van der Waals surface area contributed by atoms with Gasteiger partial charge in [0.2, 0.25) is 0 Å². The summed E-state index contributed by atoms with van der Waals surface area (Å²) in [5.41, 5.74) is 10.1. The third kappa shape index (κ3) is 2.30. The molecule has 14 heavy (non-hydrogen) atoms. The van der Waals surface area contributed by atoms with Crippen LogP contribution in [0.4, 0.5) is 18.9 Å². The number of hydrogen-bond acceptors (Lipinski definition) is 2. The Kier molecular flexibility index (Phi) is 2.92. The van der Waals surface area contributed by atoms with Crippen LogP contribution in [0.5, 0.6) is 0 Å². The predicted octanol–water partition coefficient (Wildman–Crippen LogP) is 2.48. The molecule has 4 N–H and O–H groups in total. The Morgan fingerprint density at radius 2 is 1.86 bits per heavy atom. The highest BCUT2D eigenvalue weighted by Crippen LogP contribution is 2.34. The molecule has 2 nitrogen and oxygen atoms in total. The van der Waals surface area contributed by atoms with Crippen molar-refractivity contribution in [2.75, 3.05) is 5.73 Å². The second-order valence-electron chi connectivity index (χ2n) is 2.79. The second kappa shape index (κ2) is 3.67. The first-order valence-corrected chi connectivity index (χ1v) is 4.07. The van der Waals surface area contributed by atoms with E-state index in [-0.39, 0.29) is 16.3 Å². The molecular formula is C8H8ClF3N2. The van der Waals surface area contributed by atoms with Crippen molar-refractivity contribution in [3.63, 3.8) is 0 Å². The topological polar surface area (TPSA) is 52.0 Å². The molecule has 0 saturated carbocycles. The first-order chi connectivity index (χ1) is 6.32. The van der Waals surface area contributed by atoms with Gasteiger partial charge >= 0.3 is 6.18 Å². The van der Waals surface area contributed by atoms with Gasteiger partial charge in [-0.05, 0) is 12.1 Å². The smallest absolute Gasteiger partial charge is 0.398 e. The minimum atomic E-state index is -4.50. The van der Waals surface area contributed by atoms with E-state index in [1.165, 1.54) is 18.2 Å². The van der Waals surface area contributed by atoms with Crippen molar-refractivity contribution in [1.82, 2.24) is 0 Å². The summed E-state index contributed by atoms with van der Waals surface area (Å²) >= 11 is 5.53. The lowest BCUT2D eigenvalue weighted by molar-refractivity contribution is -0.149. The van der Waals surface area contributed by atoms with Crippen LogP contribution in [0.3, 0.4) is 0 Å². The molecule has 0 aliphatic heterocycles. The minimum absolute atomic E-state index is 0.0534.